The van der Waals surface area contributed by atoms with Crippen LogP contribution in [0.2, 0.25) is 0 Å². The van der Waals surface area contributed by atoms with E-state index in [2.05, 4.69) is 59.6 Å². The number of allylic oxidation sites excluding steroid dienone is 1. The van der Waals surface area contributed by atoms with E-state index < -0.39 is 5.54 Å². The molecule has 0 saturated heterocycles. The number of carbonyl (C=O) groups is 1. The first-order chi connectivity index (χ1) is 16.2. The number of carbonyl (C=O) groups excluding carboxylic acids is 1. The first-order valence-corrected chi connectivity index (χ1v) is 12.0. The second kappa shape index (κ2) is 9.21. The standard InChI is InChI=1S/C28H29N4O/c1-2-3-10-26-31-28(16-6-7-17-28)27(33)32(26)20-21-11-13-22(14-12-21)24-8-4-5-9-25(24)23-15-18-29-30-19-23/h4-5,8-9,11-14,18-19H,2-3,6-7,10,16-17,20H2,1H3/q-1. The van der Waals surface area contributed by atoms with Crippen LogP contribution in [0.1, 0.15) is 63.0 Å². The van der Waals surface area contributed by atoms with Crippen molar-refractivity contribution < 1.29 is 4.79 Å². The van der Waals surface area contributed by atoms with Gasteiger partial charge in [-0.15, -0.1) is 11.9 Å². The van der Waals surface area contributed by atoms with Gasteiger partial charge in [0.25, 0.3) is 5.91 Å². The van der Waals surface area contributed by atoms with Crippen molar-refractivity contribution in [1.82, 2.24) is 4.90 Å². The first-order valence-electron chi connectivity index (χ1n) is 12.0. The molecule has 0 aromatic heterocycles. The Bertz CT molecular complexity index is 1160. The molecule has 5 nitrogen and oxygen atoms in total. The number of amides is 1. The average Bonchev–Trinajstić information content (AvgIpc) is 3.44. The molecular formula is C28H29N4O-. The predicted molar refractivity (Wildman–Crippen MR) is 134 cm³/mol. The summed E-state index contributed by atoms with van der Waals surface area (Å²) in [6, 6.07) is 16.8. The van der Waals surface area contributed by atoms with Crippen LogP contribution < -0.4 is 0 Å². The predicted octanol–water partition coefficient (Wildman–Crippen LogP) is 6.47. The van der Waals surface area contributed by atoms with Gasteiger partial charge < -0.3 is 10.5 Å². The molecule has 1 amide bonds. The van der Waals surface area contributed by atoms with E-state index in [-0.39, 0.29) is 5.91 Å². The van der Waals surface area contributed by atoms with Crippen molar-refractivity contribution >= 4 is 23.5 Å². The Hall–Kier alpha value is -3.43. The smallest absolute Gasteiger partial charge is 0.256 e. The molecule has 5 rings (SSSR count). The van der Waals surface area contributed by atoms with E-state index >= 15 is 0 Å². The Labute approximate surface area is 195 Å². The van der Waals surface area contributed by atoms with Crippen LogP contribution in [0.4, 0.5) is 0 Å². The summed E-state index contributed by atoms with van der Waals surface area (Å²) < 4.78 is 0. The van der Waals surface area contributed by atoms with Gasteiger partial charge in [0.05, 0.1) is 6.54 Å². The molecule has 0 unspecified atom stereocenters. The Morgan fingerprint density at radius 1 is 1.06 bits per heavy atom. The Balaban J connectivity index is 1.39. The van der Waals surface area contributed by atoms with E-state index in [4.69, 9.17) is 4.99 Å². The molecule has 0 N–H and O–H groups in total. The summed E-state index contributed by atoms with van der Waals surface area (Å²) in [6.45, 7) is 2.77. The highest BCUT2D eigenvalue weighted by molar-refractivity contribution is 6.12. The van der Waals surface area contributed by atoms with Crippen molar-refractivity contribution in [2.45, 2.75) is 64.0 Å². The minimum absolute atomic E-state index is 0.209. The Kier molecular flexibility index (Phi) is 5.97. The Morgan fingerprint density at radius 3 is 2.52 bits per heavy atom. The van der Waals surface area contributed by atoms with E-state index in [0.29, 0.717) is 6.54 Å². The fraction of sp³-hybridized carbons (Fsp3) is 0.357. The van der Waals surface area contributed by atoms with E-state index in [9.17, 15) is 4.79 Å². The van der Waals surface area contributed by atoms with Crippen LogP contribution in [0.15, 0.2) is 70.6 Å². The maximum atomic E-state index is 13.4. The van der Waals surface area contributed by atoms with Crippen molar-refractivity contribution in [2.75, 3.05) is 0 Å². The van der Waals surface area contributed by atoms with Gasteiger partial charge in [-0.3, -0.25) is 14.7 Å². The van der Waals surface area contributed by atoms with Crippen LogP contribution in [-0.2, 0) is 11.3 Å². The molecule has 2 aromatic carbocycles. The zero-order valence-electron chi connectivity index (χ0n) is 19.1. The maximum Gasteiger partial charge on any atom is 0.256 e. The number of rotatable bonds is 7. The lowest BCUT2D eigenvalue weighted by Crippen LogP contribution is -2.40. The molecular weight excluding hydrogens is 408 g/mol. The third-order valence-corrected chi connectivity index (χ3v) is 6.84. The zero-order valence-corrected chi connectivity index (χ0v) is 19.1. The number of unbranched alkanes of at least 4 members (excludes halogenated alkanes) is 1. The van der Waals surface area contributed by atoms with Crippen LogP contribution in [0.25, 0.3) is 22.1 Å². The average molecular weight is 438 g/mol. The molecule has 0 atom stereocenters. The summed E-state index contributed by atoms with van der Waals surface area (Å²) in [5.74, 6) is 1.19. The minimum atomic E-state index is -0.475. The van der Waals surface area contributed by atoms with Crippen LogP contribution in [0.3, 0.4) is 0 Å². The number of nitrogens with zero attached hydrogens (tertiary/aromatic N) is 4. The summed E-state index contributed by atoms with van der Waals surface area (Å²) in [5, 5.41) is 4.00. The molecule has 2 aliphatic heterocycles. The number of hydrogen-bond acceptors (Lipinski definition) is 3. The largest absolute Gasteiger partial charge is 0.575 e. The third kappa shape index (κ3) is 4.17. The van der Waals surface area contributed by atoms with Gasteiger partial charge in [0, 0.05) is 18.2 Å². The fourth-order valence-electron chi connectivity index (χ4n) is 5.05. The van der Waals surface area contributed by atoms with Gasteiger partial charge in [-0.2, -0.15) is 0 Å². The fourth-order valence-corrected chi connectivity index (χ4v) is 5.05. The maximum absolute atomic E-state index is 13.4. The normalized spacial score (nSPS) is 18.6. The van der Waals surface area contributed by atoms with Gasteiger partial charge in [-0.05, 0) is 41.5 Å². The number of amidine groups is 1. The van der Waals surface area contributed by atoms with Crippen LogP contribution >= 0.6 is 0 Å². The van der Waals surface area contributed by atoms with Crippen molar-refractivity contribution in [3.63, 3.8) is 0 Å². The first kappa shape index (κ1) is 21.4. The van der Waals surface area contributed by atoms with Gasteiger partial charge in [-0.1, -0.05) is 74.7 Å². The van der Waals surface area contributed by atoms with Crippen molar-refractivity contribution in [1.29, 1.82) is 0 Å². The van der Waals surface area contributed by atoms with Gasteiger partial charge in [0.2, 0.25) is 0 Å². The second-order valence-corrected chi connectivity index (χ2v) is 9.05. The molecule has 3 aliphatic rings. The summed E-state index contributed by atoms with van der Waals surface area (Å²) in [6.07, 6.45) is 10.4. The summed E-state index contributed by atoms with van der Waals surface area (Å²) in [7, 11) is 0. The van der Waals surface area contributed by atoms with Crippen molar-refractivity contribution in [3.05, 3.63) is 77.0 Å². The highest BCUT2D eigenvalue weighted by atomic mass is 16.2. The quantitative estimate of drug-likeness (QED) is 0.458. The Morgan fingerprint density at radius 2 is 1.82 bits per heavy atom. The van der Waals surface area contributed by atoms with E-state index in [1.54, 1.807) is 12.4 Å². The molecule has 1 spiro atoms. The van der Waals surface area contributed by atoms with Crippen LogP contribution in [0, 0.1) is 0 Å². The van der Waals surface area contributed by atoms with Gasteiger partial charge in [0.15, 0.2) is 0 Å². The van der Waals surface area contributed by atoms with Crippen LogP contribution in [0.5, 0.6) is 0 Å². The van der Waals surface area contributed by atoms with Crippen molar-refractivity contribution in [2.24, 2.45) is 10.1 Å². The highest BCUT2D eigenvalue weighted by Crippen LogP contribution is 2.40. The molecule has 0 radical (unpaired) electrons. The van der Waals surface area contributed by atoms with Gasteiger partial charge in [-0.25, -0.2) is 0 Å². The van der Waals surface area contributed by atoms with E-state index in [0.717, 1.165) is 78.6 Å². The van der Waals surface area contributed by atoms with E-state index in [1.165, 1.54) is 0 Å². The second-order valence-electron chi connectivity index (χ2n) is 9.05. The topological polar surface area (TPSA) is 59.1 Å². The molecule has 0 bridgehead atoms. The lowest BCUT2D eigenvalue weighted by Gasteiger charge is -2.23. The van der Waals surface area contributed by atoms with Gasteiger partial charge in [0.1, 0.15) is 11.4 Å². The molecule has 1 saturated carbocycles. The molecule has 33 heavy (non-hydrogen) atoms. The SMILES string of the molecule is CCCCC1=NC2(CCCC2)C(=O)N1Cc1ccc(-c2ccccc2C2=C=C[N-]N=C2)cc1. The molecule has 1 aliphatic carbocycles. The minimum Gasteiger partial charge on any atom is -0.575 e. The molecule has 1 fully saturated rings. The van der Waals surface area contributed by atoms with Crippen molar-refractivity contribution in [3.8, 4) is 11.1 Å². The third-order valence-electron chi connectivity index (χ3n) is 6.84. The molecule has 168 valence electrons. The highest BCUT2D eigenvalue weighted by Gasteiger charge is 2.49. The van der Waals surface area contributed by atoms with Gasteiger partial charge >= 0.3 is 0 Å². The summed E-state index contributed by atoms with van der Waals surface area (Å²) in [4.78, 5) is 20.4. The van der Waals surface area contributed by atoms with E-state index in [1.807, 2.05) is 17.0 Å². The van der Waals surface area contributed by atoms with Crippen LogP contribution in [-0.4, -0.2) is 28.4 Å². The zero-order chi connectivity index (χ0) is 22.7. The lowest BCUT2D eigenvalue weighted by molar-refractivity contribution is -0.131. The molecule has 2 aromatic rings. The summed E-state index contributed by atoms with van der Waals surface area (Å²) >= 11 is 0. The summed E-state index contributed by atoms with van der Waals surface area (Å²) in [5.41, 5.74) is 11.9. The number of aliphatic imine (C=N–C) groups is 1. The molecule has 5 heteroatoms. The number of hydrogen-bond donors (Lipinski definition) is 0. The monoisotopic (exact) mass is 437 g/mol. The number of benzene rings is 2. The lowest BCUT2D eigenvalue weighted by atomic mass is 9.94. The molecule has 2 heterocycles.